The molecule has 1 N–H and O–H groups in total. The average molecular weight is 413 g/mol. The Morgan fingerprint density at radius 1 is 1.03 bits per heavy atom. The predicted molar refractivity (Wildman–Crippen MR) is 112 cm³/mol. The maximum atomic E-state index is 13.0. The summed E-state index contributed by atoms with van der Waals surface area (Å²) in [6, 6.07) is 15.3. The molecule has 0 bridgehead atoms. The van der Waals surface area contributed by atoms with E-state index in [1.54, 1.807) is 28.6 Å². The lowest BCUT2D eigenvalue weighted by molar-refractivity contribution is 0.0998. The van der Waals surface area contributed by atoms with Crippen LogP contribution in [0, 0.1) is 11.8 Å². The first kappa shape index (κ1) is 19.7. The van der Waals surface area contributed by atoms with E-state index in [-0.39, 0.29) is 16.6 Å². The first-order valence-electron chi connectivity index (χ1n) is 9.73. The lowest BCUT2D eigenvalue weighted by Gasteiger charge is -2.34. The summed E-state index contributed by atoms with van der Waals surface area (Å²) in [5.41, 5.74) is 1.15. The van der Waals surface area contributed by atoms with E-state index in [2.05, 4.69) is 19.2 Å². The van der Waals surface area contributed by atoms with Crippen LogP contribution in [0.2, 0.25) is 0 Å². The Labute approximate surface area is 170 Å². The predicted octanol–water partition coefficient (Wildman–Crippen LogP) is 4.35. The van der Waals surface area contributed by atoms with Crippen molar-refractivity contribution in [2.45, 2.75) is 25.2 Å². The molecule has 1 fully saturated rings. The second kappa shape index (κ2) is 7.65. The second-order valence-electron chi connectivity index (χ2n) is 7.90. The van der Waals surface area contributed by atoms with Crippen molar-refractivity contribution < 1.29 is 17.6 Å². The molecule has 6 nitrogen and oxygen atoms in total. The third-order valence-electron chi connectivity index (χ3n) is 5.23. The van der Waals surface area contributed by atoms with Crippen LogP contribution in [-0.2, 0) is 10.0 Å². The Balaban J connectivity index is 1.49. The van der Waals surface area contributed by atoms with E-state index < -0.39 is 10.0 Å². The fourth-order valence-electron chi connectivity index (χ4n) is 3.95. The zero-order valence-corrected chi connectivity index (χ0v) is 17.3. The van der Waals surface area contributed by atoms with E-state index in [0.717, 1.165) is 11.8 Å². The number of carbonyl (C=O) groups excluding carboxylic acids is 1. The second-order valence-corrected chi connectivity index (χ2v) is 9.83. The highest BCUT2D eigenvalue weighted by Gasteiger charge is 2.31. The summed E-state index contributed by atoms with van der Waals surface area (Å²) in [7, 11) is -3.54. The topological polar surface area (TPSA) is 79.6 Å². The highest BCUT2D eigenvalue weighted by molar-refractivity contribution is 7.89. The van der Waals surface area contributed by atoms with Gasteiger partial charge < -0.3 is 9.73 Å². The van der Waals surface area contributed by atoms with Crippen LogP contribution in [0.1, 0.15) is 30.8 Å². The molecule has 0 unspecified atom stereocenters. The van der Waals surface area contributed by atoms with Crippen LogP contribution >= 0.6 is 0 Å². The molecular formula is C22H24N2O4S. The van der Waals surface area contributed by atoms with Crippen molar-refractivity contribution >= 4 is 32.6 Å². The van der Waals surface area contributed by atoms with E-state index in [1.165, 1.54) is 12.1 Å². The summed E-state index contributed by atoms with van der Waals surface area (Å²) in [5.74, 6) is 0.515. The number of sulfonamides is 1. The Morgan fingerprint density at radius 2 is 1.69 bits per heavy atom. The van der Waals surface area contributed by atoms with Gasteiger partial charge in [-0.2, -0.15) is 4.31 Å². The lowest BCUT2D eigenvalue weighted by atomic mass is 9.94. The van der Waals surface area contributed by atoms with Crippen molar-refractivity contribution in [3.05, 3.63) is 60.4 Å². The van der Waals surface area contributed by atoms with Crippen molar-refractivity contribution in [3.8, 4) is 0 Å². The number of hydrogen-bond donors (Lipinski definition) is 1. The molecule has 1 amide bonds. The van der Waals surface area contributed by atoms with Gasteiger partial charge in [-0.15, -0.1) is 0 Å². The quantitative estimate of drug-likeness (QED) is 0.691. The van der Waals surface area contributed by atoms with E-state index in [9.17, 15) is 13.2 Å². The minimum Gasteiger partial charge on any atom is -0.451 e. The number of anilines is 1. The molecule has 2 atom stereocenters. The highest BCUT2D eigenvalue weighted by Crippen LogP contribution is 2.27. The largest absolute Gasteiger partial charge is 0.451 e. The molecule has 0 radical (unpaired) electrons. The summed E-state index contributed by atoms with van der Waals surface area (Å²) < 4.78 is 33.0. The molecule has 2 heterocycles. The molecule has 1 aliphatic rings. The summed E-state index contributed by atoms with van der Waals surface area (Å²) >= 11 is 0. The Hall–Kier alpha value is -2.64. The molecule has 29 heavy (non-hydrogen) atoms. The molecular weight excluding hydrogens is 388 g/mol. The fourth-order valence-corrected chi connectivity index (χ4v) is 5.63. The number of nitrogens with one attached hydrogen (secondary N) is 1. The number of furan rings is 1. The maximum absolute atomic E-state index is 13.0. The van der Waals surface area contributed by atoms with Gasteiger partial charge in [-0.05, 0) is 54.7 Å². The van der Waals surface area contributed by atoms with Crippen LogP contribution < -0.4 is 5.32 Å². The van der Waals surface area contributed by atoms with Crippen molar-refractivity contribution in [2.75, 3.05) is 18.4 Å². The monoisotopic (exact) mass is 412 g/mol. The van der Waals surface area contributed by atoms with Gasteiger partial charge in [-0.1, -0.05) is 32.0 Å². The molecule has 3 aromatic rings. The molecule has 0 saturated carbocycles. The van der Waals surface area contributed by atoms with Gasteiger partial charge in [0.25, 0.3) is 5.91 Å². The Morgan fingerprint density at radius 3 is 2.34 bits per heavy atom. The van der Waals surface area contributed by atoms with Crippen LogP contribution in [0.15, 0.2) is 63.9 Å². The Bertz CT molecular complexity index is 1090. The zero-order chi connectivity index (χ0) is 20.6. The number of amides is 1. The summed E-state index contributed by atoms with van der Waals surface area (Å²) in [5, 5.41) is 3.60. The molecule has 152 valence electrons. The van der Waals surface area contributed by atoms with Crippen LogP contribution in [0.3, 0.4) is 0 Å². The minimum atomic E-state index is -3.54. The smallest absolute Gasteiger partial charge is 0.291 e. The fraction of sp³-hybridized carbons (Fsp3) is 0.318. The van der Waals surface area contributed by atoms with E-state index in [0.29, 0.717) is 36.2 Å². The molecule has 0 spiro atoms. The number of carbonyl (C=O) groups is 1. The SMILES string of the molecule is C[C@H]1C[C@H](C)CN(S(=O)(=O)c2ccc(NC(=O)c3cc4ccccc4o3)cc2)C1. The van der Waals surface area contributed by atoms with Gasteiger partial charge in [0.05, 0.1) is 4.90 Å². The van der Waals surface area contributed by atoms with Crippen molar-refractivity contribution in [2.24, 2.45) is 11.8 Å². The van der Waals surface area contributed by atoms with Crippen LogP contribution in [0.5, 0.6) is 0 Å². The van der Waals surface area contributed by atoms with Gasteiger partial charge in [-0.25, -0.2) is 8.42 Å². The molecule has 0 aliphatic carbocycles. The number of fused-ring (bicyclic) bond motifs is 1. The standard InChI is InChI=1S/C22H24N2O4S/c1-15-11-16(2)14-24(13-15)29(26,27)19-9-7-18(8-10-19)23-22(25)21-12-17-5-3-4-6-20(17)28-21/h3-10,12,15-16H,11,13-14H2,1-2H3,(H,23,25)/t15-,16-/m0/s1. The molecule has 1 aromatic heterocycles. The van der Waals surface area contributed by atoms with E-state index in [1.807, 2.05) is 18.2 Å². The van der Waals surface area contributed by atoms with E-state index in [4.69, 9.17) is 4.42 Å². The van der Waals surface area contributed by atoms with Gasteiger partial charge in [-0.3, -0.25) is 4.79 Å². The third kappa shape index (κ3) is 4.06. The zero-order valence-electron chi connectivity index (χ0n) is 16.5. The van der Waals surface area contributed by atoms with Crippen LogP contribution in [-0.4, -0.2) is 31.7 Å². The molecule has 4 rings (SSSR count). The third-order valence-corrected chi connectivity index (χ3v) is 7.08. The summed E-state index contributed by atoms with van der Waals surface area (Å²) in [6.07, 6.45) is 1.04. The number of nitrogens with zero attached hydrogens (tertiary/aromatic N) is 1. The van der Waals surface area contributed by atoms with Crippen molar-refractivity contribution in [1.29, 1.82) is 0 Å². The normalized spacial score (nSPS) is 20.6. The van der Waals surface area contributed by atoms with Crippen LogP contribution in [0.4, 0.5) is 5.69 Å². The van der Waals surface area contributed by atoms with E-state index >= 15 is 0 Å². The molecule has 1 aliphatic heterocycles. The Kier molecular flexibility index (Phi) is 5.19. The van der Waals surface area contributed by atoms with Gasteiger partial charge >= 0.3 is 0 Å². The molecule has 1 saturated heterocycles. The van der Waals surface area contributed by atoms with Crippen LogP contribution in [0.25, 0.3) is 11.0 Å². The minimum absolute atomic E-state index is 0.208. The highest BCUT2D eigenvalue weighted by atomic mass is 32.2. The first-order valence-corrected chi connectivity index (χ1v) is 11.2. The van der Waals surface area contributed by atoms with Crippen molar-refractivity contribution in [3.63, 3.8) is 0 Å². The summed E-state index contributed by atoms with van der Waals surface area (Å²) in [4.78, 5) is 12.7. The van der Waals surface area contributed by atoms with Gasteiger partial charge in [0, 0.05) is 24.2 Å². The average Bonchev–Trinajstić information content (AvgIpc) is 3.12. The molecule has 7 heteroatoms. The maximum Gasteiger partial charge on any atom is 0.291 e. The number of para-hydroxylation sites is 1. The van der Waals surface area contributed by atoms with Crippen molar-refractivity contribution in [1.82, 2.24) is 4.31 Å². The van der Waals surface area contributed by atoms with Gasteiger partial charge in [0.1, 0.15) is 5.58 Å². The number of hydrogen-bond acceptors (Lipinski definition) is 4. The lowest BCUT2D eigenvalue weighted by Crippen LogP contribution is -2.42. The van der Waals surface area contributed by atoms with Gasteiger partial charge in [0.15, 0.2) is 5.76 Å². The van der Waals surface area contributed by atoms with Gasteiger partial charge in [0.2, 0.25) is 10.0 Å². The molecule has 2 aromatic carbocycles. The first-order chi connectivity index (χ1) is 13.8. The number of rotatable bonds is 4. The number of piperidine rings is 1. The summed E-state index contributed by atoms with van der Waals surface area (Å²) in [6.45, 7) is 5.23. The number of benzene rings is 2.